The fourth-order valence-electron chi connectivity index (χ4n) is 3.80. The largest absolute Gasteiger partial charge is 0.393 e. The van der Waals surface area contributed by atoms with Crippen molar-refractivity contribution in [3.8, 4) is 6.07 Å². The summed E-state index contributed by atoms with van der Waals surface area (Å²) in [5, 5.41) is 20.0. The number of hydrogen-bond donors (Lipinski definition) is 2. The van der Waals surface area contributed by atoms with Gasteiger partial charge < -0.3 is 10.0 Å². The van der Waals surface area contributed by atoms with Crippen LogP contribution in [0.2, 0.25) is 0 Å². The highest BCUT2D eigenvalue weighted by Crippen LogP contribution is 2.34. The van der Waals surface area contributed by atoms with E-state index in [2.05, 4.69) is 11.1 Å². The van der Waals surface area contributed by atoms with Gasteiger partial charge in [-0.2, -0.15) is 5.26 Å². The summed E-state index contributed by atoms with van der Waals surface area (Å²) in [7, 11) is -3.70. The van der Waals surface area contributed by atoms with E-state index in [1.54, 1.807) is 19.1 Å². The number of thiazole rings is 1. The second kappa shape index (κ2) is 9.77. The Morgan fingerprint density at radius 2 is 2.00 bits per heavy atom. The summed E-state index contributed by atoms with van der Waals surface area (Å²) in [6, 6.07) is 9.18. The second-order valence-corrected chi connectivity index (χ2v) is 10.7. The maximum atomic E-state index is 12.4. The molecule has 31 heavy (non-hydrogen) atoms. The molecule has 1 aromatic heterocycles. The number of anilines is 2. The van der Waals surface area contributed by atoms with E-state index in [9.17, 15) is 18.3 Å². The molecule has 1 aliphatic carbocycles. The van der Waals surface area contributed by atoms with Gasteiger partial charge >= 0.3 is 0 Å². The number of aliphatic hydroxyl groups excluding tert-OH is 1. The summed E-state index contributed by atoms with van der Waals surface area (Å²) in [5.41, 5.74) is 1.42. The van der Waals surface area contributed by atoms with Crippen LogP contribution in [-0.2, 0) is 10.0 Å². The third-order valence-electron chi connectivity index (χ3n) is 5.41. The highest BCUT2D eigenvalue weighted by atomic mass is 32.2. The van der Waals surface area contributed by atoms with Crippen molar-refractivity contribution in [2.45, 2.75) is 45.1 Å². The predicted octanol–water partition coefficient (Wildman–Crippen LogP) is 3.09. The molecular formula is C21H26N4O4S2. The third-order valence-corrected chi connectivity index (χ3v) is 6.96. The molecule has 0 aliphatic heterocycles. The predicted molar refractivity (Wildman–Crippen MR) is 120 cm³/mol. The summed E-state index contributed by atoms with van der Waals surface area (Å²) >= 11 is 1.30. The Kier molecular flexibility index (Phi) is 7.30. The smallest absolute Gasteiger partial charge is 0.284 e. The van der Waals surface area contributed by atoms with Crippen LogP contribution < -0.4 is 9.62 Å². The molecule has 10 heteroatoms. The minimum atomic E-state index is -3.70. The average molecular weight is 463 g/mol. The van der Waals surface area contributed by atoms with Gasteiger partial charge in [0.2, 0.25) is 10.0 Å². The number of nitriles is 1. The number of sulfonamides is 1. The Morgan fingerprint density at radius 1 is 1.32 bits per heavy atom. The zero-order chi connectivity index (χ0) is 22.6. The molecule has 1 amide bonds. The molecule has 0 unspecified atom stereocenters. The van der Waals surface area contributed by atoms with Crippen molar-refractivity contribution < 1.29 is 18.3 Å². The van der Waals surface area contributed by atoms with E-state index in [0.29, 0.717) is 22.1 Å². The van der Waals surface area contributed by atoms with Crippen LogP contribution in [0.15, 0.2) is 24.3 Å². The van der Waals surface area contributed by atoms with Crippen molar-refractivity contribution in [3.63, 3.8) is 0 Å². The molecule has 8 nitrogen and oxygen atoms in total. The van der Waals surface area contributed by atoms with Gasteiger partial charge in [-0.15, -0.1) is 11.3 Å². The Labute approximate surface area is 186 Å². The number of hydrogen-bond acceptors (Lipinski definition) is 8. The molecule has 1 aliphatic rings. The van der Waals surface area contributed by atoms with Gasteiger partial charge in [-0.25, -0.2) is 18.1 Å². The lowest BCUT2D eigenvalue weighted by molar-refractivity contribution is 0.0666. The van der Waals surface area contributed by atoms with Crippen LogP contribution in [0.3, 0.4) is 0 Å². The van der Waals surface area contributed by atoms with E-state index in [1.165, 1.54) is 11.3 Å². The molecule has 1 heterocycles. The standard InChI is InChI=1S/C21H26N4O4S2/c1-14-19(20(27)24-31(2,28)29)23-21(30-14)25(17-9-7-15(13-22)8-10-17)12-11-16-5-3-4-6-18(16)26/h7-10,16,18,26H,3-6,11-12H2,1-2H3,(H,24,27)/t16-,18+/m0/s1. The molecule has 0 saturated heterocycles. The van der Waals surface area contributed by atoms with Gasteiger partial charge in [-0.3, -0.25) is 4.79 Å². The van der Waals surface area contributed by atoms with Crippen LogP contribution in [0.4, 0.5) is 10.8 Å². The number of carbonyl (C=O) groups is 1. The lowest BCUT2D eigenvalue weighted by Crippen LogP contribution is -2.30. The van der Waals surface area contributed by atoms with Gasteiger partial charge in [0.05, 0.1) is 24.0 Å². The van der Waals surface area contributed by atoms with E-state index in [4.69, 9.17) is 5.26 Å². The first-order valence-corrected chi connectivity index (χ1v) is 12.8. The Morgan fingerprint density at radius 3 is 2.61 bits per heavy atom. The fraction of sp³-hybridized carbons (Fsp3) is 0.476. The molecule has 166 valence electrons. The molecular weight excluding hydrogens is 436 g/mol. The summed E-state index contributed by atoms with van der Waals surface area (Å²) in [6.45, 7) is 2.30. The molecule has 2 N–H and O–H groups in total. The van der Waals surface area contributed by atoms with Crippen molar-refractivity contribution in [2.75, 3.05) is 17.7 Å². The summed E-state index contributed by atoms with van der Waals surface area (Å²) in [5.74, 6) is -0.561. The maximum absolute atomic E-state index is 12.4. The van der Waals surface area contributed by atoms with E-state index in [0.717, 1.165) is 44.0 Å². The molecule has 0 bridgehead atoms. The number of carbonyl (C=O) groups excluding carboxylic acids is 1. The number of aryl methyl sites for hydroxylation is 1. The molecule has 1 saturated carbocycles. The van der Waals surface area contributed by atoms with Crippen molar-refractivity contribution >= 4 is 38.1 Å². The number of amides is 1. The zero-order valence-electron chi connectivity index (χ0n) is 17.5. The number of nitrogens with zero attached hydrogens (tertiary/aromatic N) is 3. The summed E-state index contributed by atoms with van der Waals surface area (Å²) in [6.07, 6.45) is 5.29. The minimum Gasteiger partial charge on any atom is -0.393 e. The molecule has 0 spiro atoms. The van der Waals surface area contributed by atoms with Crippen molar-refractivity contribution in [1.82, 2.24) is 9.71 Å². The Bertz CT molecular complexity index is 1070. The maximum Gasteiger partial charge on any atom is 0.284 e. The lowest BCUT2D eigenvalue weighted by Gasteiger charge is -2.30. The lowest BCUT2D eigenvalue weighted by atomic mass is 9.84. The van der Waals surface area contributed by atoms with Crippen molar-refractivity contribution in [3.05, 3.63) is 40.4 Å². The van der Waals surface area contributed by atoms with Crippen LogP contribution in [0.25, 0.3) is 0 Å². The van der Waals surface area contributed by atoms with Gasteiger partial charge in [0.1, 0.15) is 5.69 Å². The van der Waals surface area contributed by atoms with Crippen LogP contribution in [0.5, 0.6) is 0 Å². The minimum absolute atomic E-state index is 0.0711. The molecule has 1 fully saturated rings. The first kappa shape index (κ1) is 23.2. The zero-order valence-corrected chi connectivity index (χ0v) is 19.2. The first-order valence-electron chi connectivity index (χ1n) is 10.1. The van der Waals surface area contributed by atoms with Crippen LogP contribution >= 0.6 is 11.3 Å². The van der Waals surface area contributed by atoms with E-state index in [1.807, 2.05) is 21.8 Å². The van der Waals surface area contributed by atoms with Crippen molar-refractivity contribution in [2.24, 2.45) is 5.92 Å². The topological polar surface area (TPSA) is 123 Å². The quantitative estimate of drug-likeness (QED) is 0.648. The van der Waals surface area contributed by atoms with Gasteiger partial charge in [0.25, 0.3) is 5.91 Å². The average Bonchev–Trinajstić information content (AvgIpc) is 3.10. The van der Waals surface area contributed by atoms with Crippen LogP contribution in [0, 0.1) is 24.2 Å². The molecule has 2 atom stereocenters. The SMILES string of the molecule is Cc1sc(N(CC[C@@H]2CCCC[C@H]2O)c2ccc(C#N)cc2)nc1C(=O)NS(C)(=O)=O. The number of rotatable bonds is 7. The normalized spacial score (nSPS) is 18.9. The van der Waals surface area contributed by atoms with Gasteiger partial charge in [-0.05, 0) is 56.4 Å². The van der Waals surface area contributed by atoms with Crippen molar-refractivity contribution in [1.29, 1.82) is 5.26 Å². The van der Waals surface area contributed by atoms with Crippen LogP contribution in [-0.4, -0.2) is 43.3 Å². The molecule has 1 aromatic carbocycles. The summed E-state index contributed by atoms with van der Waals surface area (Å²) in [4.78, 5) is 19.3. The number of aliphatic hydroxyl groups is 1. The Hall–Kier alpha value is -2.48. The fourth-order valence-corrected chi connectivity index (χ4v) is 5.18. The van der Waals surface area contributed by atoms with Gasteiger partial charge in [-0.1, -0.05) is 12.8 Å². The van der Waals surface area contributed by atoms with Crippen LogP contribution in [0.1, 0.15) is 53.0 Å². The van der Waals surface area contributed by atoms with Gasteiger partial charge in [0.15, 0.2) is 5.13 Å². The number of aromatic nitrogens is 1. The van der Waals surface area contributed by atoms with E-state index >= 15 is 0 Å². The van der Waals surface area contributed by atoms with E-state index in [-0.39, 0.29) is 17.7 Å². The van der Waals surface area contributed by atoms with Gasteiger partial charge in [0, 0.05) is 17.1 Å². The number of nitrogens with one attached hydrogen (secondary N) is 1. The first-order chi connectivity index (χ1) is 14.7. The monoisotopic (exact) mass is 462 g/mol. The highest BCUT2D eigenvalue weighted by Gasteiger charge is 2.26. The highest BCUT2D eigenvalue weighted by molar-refractivity contribution is 7.89. The second-order valence-electron chi connectivity index (χ2n) is 7.82. The third kappa shape index (κ3) is 6.03. The molecule has 2 aromatic rings. The molecule has 3 rings (SSSR count). The van der Waals surface area contributed by atoms with E-state index < -0.39 is 15.9 Å². The summed E-state index contributed by atoms with van der Waals surface area (Å²) < 4.78 is 24.8. The Balaban J connectivity index is 1.89. The molecule has 0 radical (unpaired) electrons. The number of benzene rings is 1.